The SMILES string of the molecule is Cc1ccc(-c2nnn(CC(=O)N3CCCC(C)C3)n2)cc1. The number of amides is 1. The number of rotatable bonds is 3. The number of aryl methyl sites for hydroxylation is 1. The van der Waals surface area contributed by atoms with Gasteiger partial charge in [-0.3, -0.25) is 4.79 Å². The molecule has 1 aliphatic heterocycles. The summed E-state index contributed by atoms with van der Waals surface area (Å²) in [7, 11) is 0. The fraction of sp³-hybridized carbons (Fsp3) is 0.500. The minimum Gasteiger partial charge on any atom is -0.341 e. The molecule has 1 aliphatic rings. The topological polar surface area (TPSA) is 63.9 Å². The molecule has 0 spiro atoms. The molecular weight excluding hydrogens is 278 g/mol. The van der Waals surface area contributed by atoms with Gasteiger partial charge in [0.25, 0.3) is 0 Å². The normalized spacial score (nSPS) is 18.5. The van der Waals surface area contributed by atoms with Crippen molar-refractivity contribution in [3.05, 3.63) is 29.8 Å². The van der Waals surface area contributed by atoms with E-state index in [-0.39, 0.29) is 12.5 Å². The van der Waals surface area contributed by atoms with E-state index in [4.69, 9.17) is 0 Å². The van der Waals surface area contributed by atoms with Crippen LogP contribution < -0.4 is 0 Å². The third-order valence-corrected chi connectivity index (χ3v) is 4.05. The van der Waals surface area contributed by atoms with Gasteiger partial charge >= 0.3 is 0 Å². The quantitative estimate of drug-likeness (QED) is 0.868. The Morgan fingerprint density at radius 1 is 1.32 bits per heavy atom. The van der Waals surface area contributed by atoms with Crippen LogP contribution in [0, 0.1) is 12.8 Å². The Morgan fingerprint density at radius 2 is 2.09 bits per heavy atom. The smallest absolute Gasteiger partial charge is 0.246 e. The molecule has 6 heteroatoms. The summed E-state index contributed by atoms with van der Waals surface area (Å²) in [4.78, 5) is 15.6. The summed E-state index contributed by atoms with van der Waals surface area (Å²) in [6.45, 7) is 6.04. The molecule has 116 valence electrons. The Bertz CT molecular complexity index is 649. The molecule has 6 nitrogen and oxygen atoms in total. The van der Waals surface area contributed by atoms with Crippen LogP contribution in [0.5, 0.6) is 0 Å². The van der Waals surface area contributed by atoms with E-state index in [2.05, 4.69) is 22.3 Å². The molecule has 0 aliphatic carbocycles. The van der Waals surface area contributed by atoms with Crippen molar-refractivity contribution in [1.82, 2.24) is 25.1 Å². The van der Waals surface area contributed by atoms with Gasteiger partial charge in [0, 0.05) is 18.7 Å². The van der Waals surface area contributed by atoms with Gasteiger partial charge in [-0.25, -0.2) is 0 Å². The van der Waals surface area contributed by atoms with Gasteiger partial charge in [-0.2, -0.15) is 4.80 Å². The van der Waals surface area contributed by atoms with Crippen LogP contribution in [-0.2, 0) is 11.3 Å². The third-order valence-electron chi connectivity index (χ3n) is 4.05. The van der Waals surface area contributed by atoms with Crippen LogP contribution in [0.4, 0.5) is 0 Å². The van der Waals surface area contributed by atoms with Crippen LogP contribution >= 0.6 is 0 Å². The van der Waals surface area contributed by atoms with E-state index in [0.717, 1.165) is 25.1 Å². The predicted molar refractivity (Wildman–Crippen MR) is 83.0 cm³/mol. The second-order valence-electron chi connectivity index (χ2n) is 6.10. The van der Waals surface area contributed by atoms with Gasteiger partial charge in [0.2, 0.25) is 11.7 Å². The number of tetrazole rings is 1. The van der Waals surface area contributed by atoms with Crippen molar-refractivity contribution in [2.24, 2.45) is 5.92 Å². The van der Waals surface area contributed by atoms with E-state index in [1.165, 1.54) is 16.8 Å². The molecule has 2 heterocycles. The van der Waals surface area contributed by atoms with E-state index in [1.807, 2.05) is 36.1 Å². The van der Waals surface area contributed by atoms with Gasteiger partial charge < -0.3 is 4.90 Å². The molecule has 1 unspecified atom stereocenters. The van der Waals surface area contributed by atoms with Crippen LogP contribution in [0.15, 0.2) is 24.3 Å². The van der Waals surface area contributed by atoms with Gasteiger partial charge in [0.05, 0.1) is 0 Å². The number of carbonyl (C=O) groups is 1. The molecule has 1 aromatic carbocycles. The monoisotopic (exact) mass is 299 g/mol. The van der Waals surface area contributed by atoms with Crippen LogP contribution in [0.1, 0.15) is 25.3 Å². The zero-order valence-electron chi connectivity index (χ0n) is 13.1. The number of aromatic nitrogens is 4. The van der Waals surface area contributed by atoms with Gasteiger partial charge in [-0.05, 0) is 30.9 Å². The maximum Gasteiger partial charge on any atom is 0.246 e. The molecule has 0 saturated carbocycles. The van der Waals surface area contributed by atoms with Gasteiger partial charge in [0.15, 0.2) is 0 Å². The van der Waals surface area contributed by atoms with E-state index in [9.17, 15) is 4.79 Å². The number of hydrogen-bond acceptors (Lipinski definition) is 4. The molecule has 2 aromatic rings. The Labute approximate surface area is 130 Å². The maximum atomic E-state index is 12.3. The molecule has 0 radical (unpaired) electrons. The lowest BCUT2D eigenvalue weighted by Crippen LogP contribution is -2.41. The average molecular weight is 299 g/mol. The number of carbonyl (C=O) groups excluding carboxylic acids is 1. The molecular formula is C16H21N5O. The minimum atomic E-state index is 0.0689. The van der Waals surface area contributed by atoms with E-state index < -0.39 is 0 Å². The molecule has 1 aromatic heterocycles. The lowest BCUT2D eigenvalue weighted by atomic mass is 10.0. The van der Waals surface area contributed by atoms with Gasteiger partial charge in [-0.1, -0.05) is 36.8 Å². The first kappa shape index (κ1) is 14.7. The number of nitrogens with zero attached hydrogens (tertiary/aromatic N) is 5. The second-order valence-corrected chi connectivity index (χ2v) is 6.10. The number of piperidine rings is 1. The summed E-state index contributed by atoms with van der Waals surface area (Å²) >= 11 is 0. The first-order valence-corrected chi connectivity index (χ1v) is 7.74. The highest BCUT2D eigenvalue weighted by Gasteiger charge is 2.21. The van der Waals surface area contributed by atoms with Crippen LogP contribution in [0.25, 0.3) is 11.4 Å². The molecule has 1 saturated heterocycles. The summed E-state index contributed by atoms with van der Waals surface area (Å²) < 4.78 is 0. The Balaban J connectivity index is 1.66. The number of likely N-dealkylation sites (tertiary alicyclic amines) is 1. The zero-order valence-corrected chi connectivity index (χ0v) is 13.1. The molecule has 0 N–H and O–H groups in total. The zero-order chi connectivity index (χ0) is 15.5. The van der Waals surface area contributed by atoms with E-state index in [1.54, 1.807) is 0 Å². The van der Waals surface area contributed by atoms with E-state index >= 15 is 0 Å². The largest absolute Gasteiger partial charge is 0.341 e. The van der Waals surface area contributed by atoms with Crippen molar-refractivity contribution in [2.45, 2.75) is 33.2 Å². The summed E-state index contributed by atoms with van der Waals surface area (Å²) in [6, 6.07) is 7.95. The Morgan fingerprint density at radius 3 is 2.82 bits per heavy atom. The molecule has 1 fully saturated rings. The summed E-state index contributed by atoms with van der Waals surface area (Å²) in [6.07, 6.45) is 2.27. The molecule has 3 rings (SSSR count). The molecule has 22 heavy (non-hydrogen) atoms. The highest BCUT2D eigenvalue weighted by Crippen LogP contribution is 2.16. The predicted octanol–water partition coefficient (Wildman–Crippen LogP) is 1.91. The summed E-state index contributed by atoms with van der Waals surface area (Å²) in [5.74, 6) is 1.20. The summed E-state index contributed by atoms with van der Waals surface area (Å²) in [5, 5.41) is 12.3. The van der Waals surface area contributed by atoms with Crippen molar-refractivity contribution in [1.29, 1.82) is 0 Å². The van der Waals surface area contributed by atoms with Crippen molar-refractivity contribution >= 4 is 5.91 Å². The maximum absolute atomic E-state index is 12.3. The van der Waals surface area contributed by atoms with Gasteiger partial charge in [-0.15, -0.1) is 10.2 Å². The molecule has 1 amide bonds. The second kappa shape index (κ2) is 6.25. The van der Waals surface area contributed by atoms with Crippen LogP contribution in [0.3, 0.4) is 0 Å². The van der Waals surface area contributed by atoms with Crippen molar-refractivity contribution in [3.63, 3.8) is 0 Å². The Kier molecular flexibility index (Phi) is 4.18. The lowest BCUT2D eigenvalue weighted by Gasteiger charge is -2.30. The van der Waals surface area contributed by atoms with Crippen molar-refractivity contribution in [3.8, 4) is 11.4 Å². The molecule has 0 bridgehead atoms. The highest BCUT2D eigenvalue weighted by atomic mass is 16.2. The fourth-order valence-electron chi connectivity index (χ4n) is 2.77. The Hall–Kier alpha value is -2.24. The molecule has 1 atom stereocenters. The average Bonchev–Trinajstić information content (AvgIpc) is 2.96. The first-order valence-electron chi connectivity index (χ1n) is 7.74. The number of hydrogen-bond donors (Lipinski definition) is 0. The van der Waals surface area contributed by atoms with E-state index in [0.29, 0.717) is 11.7 Å². The van der Waals surface area contributed by atoms with Crippen molar-refractivity contribution < 1.29 is 4.79 Å². The standard InChI is InChI=1S/C16H21N5O/c1-12-5-7-14(8-6-12)16-17-19-21(18-16)11-15(22)20-9-3-4-13(2)10-20/h5-8,13H,3-4,9-11H2,1-2H3. The minimum absolute atomic E-state index is 0.0689. The lowest BCUT2D eigenvalue weighted by molar-refractivity contribution is -0.134. The van der Waals surface area contributed by atoms with Crippen LogP contribution in [-0.4, -0.2) is 44.1 Å². The fourth-order valence-corrected chi connectivity index (χ4v) is 2.77. The highest BCUT2D eigenvalue weighted by molar-refractivity contribution is 5.75. The van der Waals surface area contributed by atoms with Gasteiger partial charge in [0.1, 0.15) is 6.54 Å². The number of benzene rings is 1. The van der Waals surface area contributed by atoms with Crippen LogP contribution in [0.2, 0.25) is 0 Å². The third kappa shape index (κ3) is 3.32. The van der Waals surface area contributed by atoms with Crippen molar-refractivity contribution in [2.75, 3.05) is 13.1 Å². The first-order chi connectivity index (χ1) is 10.6. The summed E-state index contributed by atoms with van der Waals surface area (Å²) in [5.41, 5.74) is 2.10.